The number of benzene rings is 1. The Balaban J connectivity index is 1.91. The lowest BCUT2D eigenvalue weighted by Crippen LogP contribution is -2.22. The maximum absolute atomic E-state index is 11.4. The Labute approximate surface area is 114 Å². The fourth-order valence-corrected chi connectivity index (χ4v) is 4.21. The highest BCUT2D eigenvalue weighted by atomic mass is 79.9. The first-order valence-corrected chi connectivity index (χ1v) is 8.50. The van der Waals surface area contributed by atoms with Crippen molar-refractivity contribution in [3.05, 3.63) is 28.5 Å². The smallest absolute Gasteiger partial charge is 0.150 e. The third-order valence-electron chi connectivity index (χ3n) is 3.40. The van der Waals surface area contributed by atoms with Gasteiger partial charge in [-0.25, -0.2) is 13.4 Å². The Morgan fingerprint density at radius 3 is 2.72 bits per heavy atom. The lowest BCUT2D eigenvalue weighted by molar-refractivity contribution is 0.540. The van der Waals surface area contributed by atoms with E-state index in [9.17, 15) is 8.42 Å². The molecule has 1 fully saturated rings. The van der Waals surface area contributed by atoms with Crippen LogP contribution in [0.15, 0.2) is 22.7 Å². The number of imidazole rings is 1. The molecule has 3 rings (SSSR count). The minimum absolute atomic E-state index is 0.236. The number of hydrogen-bond donors (Lipinski definition) is 1. The molecule has 0 saturated carbocycles. The number of rotatable bonds is 1. The number of sulfone groups is 1. The molecule has 6 heteroatoms. The number of fused-ring (bicyclic) bond motifs is 1. The molecule has 0 amide bonds. The Bertz CT molecular complexity index is 679. The SMILES string of the molecule is O=S1(=O)CCC(c2nc3ccc(Br)cc3[nH]2)CC1. The van der Waals surface area contributed by atoms with Gasteiger partial charge < -0.3 is 4.98 Å². The lowest BCUT2D eigenvalue weighted by atomic mass is 10.0. The van der Waals surface area contributed by atoms with Gasteiger partial charge in [0.25, 0.3) is 0 Å². The van der Waals surface area contributed by atoms with Crippen molar-refractivity contribution in [2.45, 2.75) is 18.8 Å². The summed E-state index contributed by atoms with van der Waals surface area (Å²) >= 11 is 3.43. The zero-order valence-corrected chi connectivity index (χ0v) is 12.1. The summed E-state index contributed by atoms with van der Waals surface area (Å²) in [5, 5.41) is 0. The van der Waals surface area contributed by atoms with Crippen LogP contribution in [0.2, 0.25) is 0 Å². The zero-order chi connectivity index (χ0) is 12.8. The molecule has 0 atom stereocenters. The van der Waals surface area contributed by atoms with Crippen LogP contribution in [0.5, 0.6) is 0 Å². The summed E-state index contributed by atoms with van der Waals surface area (Å²) < 4.78 is 23.8. The van der Waals surface area contributed by atoms with Crippen molar-refractivity contribution in [1.29, 1.82) is 0 Å². The van der Waals surface area contributed by atoms with E-state index in [1.54, 1.807) is 0 Å². The number of halogens is 1. The molecule has 2 heterocycles. The molecule has 0 unspecified atom stereocenters. The molecule has 18 heavy (non-hydrogen) atoms. The molecular weight excluding hydrogens is 316 g/mol. The van der Waals surface area contributed by atoms with E-state index in [0.29, 0.717) is 12.8 Å². The van der Waals surface area contributed by atoms with Crippen molar-refractivity contribution >= 4 is 36.8 Å². The highest BCUT2D eigenvalue weighted by Crippen LogP contribution is 2.29. The second-order valence-electron chi connectivity index (χ2n) is 4.71. The molecule has 96 valence electrons. The number of nitrogens with one attached hydrogen (secondary N) is 1. The summed E-state index contributed by atoms with van der Waals surface area (Å²) in [6, 6.07) is 5.91. The third-order valence-corrected chi connectivity index (χ3v) is 5.61. The van der Waals surface area contributed by atoms with Gasteiger partial charge in [0, 0.05) is 10.4 Å². The van der Waals surface area contributed by atoms with Crippen LogP contribution in [-0.4, -0.2) is 29.9 Å². The van der Waals surface area contributed by atoms with Gasteiger partial charge in [0.05, 0.1) is 22.5 Å². The molecule has 0 spiro atoms. The second kappa shape index (κ2) is 4.35. The average molecular weight is 329 g/mol. The molecule has 1 aliphatic heterocycles. The molecular formula is C12H13BrN2O2S. The fourth-order valence-electron chi connectivity index (χ4n) is 2.36. The van der Waals surface area contributed by atoms with E-state index < -0.39 is 9.84 Å². The van der Waals surface area contributed by atoms with Gasteiger partial charge >= 0.3 is 0 Å². The van der Waals surface area contributed by atoms with E-state index >= 15 is 0 Å². The van der Waals surface area contributed by atoms with Crippen LogP contribution in [0.25, 0.3) is 11.0 Å². The molecule has 4 nitrogen and oxygen atoms in total. The first kappa shape index (κ1) is 12.2. The Kier molecular flexibility index (Phi) is 2.94. The van der Waals surface area contributed by atoms with Crippen LogP contribution in [-0.2, 0) is 9.84 Å². The second-order valence-corrected chi connectivity index (χ2v) is 7.93. The van der Waals surface area contributed by atoms with Gasteiger partial charge in [-0.1, -0.05) is 15.9 Å². The van der Waals surface area contributed by atoms with Crippen LogP contribution < -0.4 is 0 Å². The number of aromatic amines is 1. The van der Waals surface area contributed by atoms with Crippen LogP contribution in [0, 0.1) is 0 Å². The fraction of sp³-hybridized carbons (Fsp3) is 0.417. The Hall–Kier alpha value is -0.880. The number of hydrogen-bond acceptors (Lipinski definition) is 3. The normalized spacial score (nSPS) is 20.3. The van der Waals surface area contributed by atoms with Crippen molar-refractivity contribution in [1.82, 2.24) is 9.97 Å². The van der Waals surface area contributed by atoms with Gasteiger partial charge in [0.2, 0.25) is 0 Å². The highest BCUT2D eigenvalue weighted by Gasteiger charge is 2.26. The van der Waals surface area contributed by atoms with E-state index in [1.165, 1.54) is 0 Å². The van der Waals surface area contributed by atoms with Gasteiger partial charge in [0.1, 0.15) is 15.7 Å². The van der Waals surface area contributed by atoms with Crippen molar-refractivity contribution in [2.24, 2.45) is 0 Å². The van der Waals surface area contributed by atoms with E-state index in [1.807, 2.05) is 18.2 Å². The number of aromatic nitrogens is 2. The maximum atomic E-state index is 11.4. The zero-order valence-electron chi connectivity index (χ0n) is 9.69. The Morgan fingerprint density at radius 2 is 2.00 bits per heavy atom. The van der Waals surface area contributed by atoms with Crippen molar-refractivity contribution in [3.8, 4) is 0 Å². The molecule has 1 aromatic carbocycles. The summed E-state index contributed by atoms with van der Waals surface area (Å²) in [6.07, 6.45) is 1.34. The van der Waals surface area contributed by atoms with E-state index in [0.717, 1.165) is 21.3 Å². The van der Waals surface area contributed by atoms with E-state index in [-0.39, 0.29) is 17.4 Å². The number of nitrogens with zero attached hydrogens (tertiary/aromatic N) is 1. The van der Waals surface area contributed by atoms with Crippen molar-refractivity contribution in [3.63, 3.8) is 0 Å². The van der Waals surface area contributed by atoms with Crippen LogP contribution in [0.4, 0.5) is 0 Å². The molecule has 1 aromatic heterocycles. The molecule has 2 aromatic rings. The van der Waals surface area contributed by atoms with E-state index in [4.69, 9.17) is 0 Å². The van der Waals surface area contributed by atoms with E-state index in [2.05, 4.69) is 25.9 Å². The average Bonchev–Trinajstić information content (AvgIpc) is 2.71. The van der Waals surface area contributed by atoms with Crippen LogP contribution in [0.3, 0.4) is 0 Å². The van der Waals surface area contributed by atoms with Gasteiger partial charge in [0.15, 0.2) is 0 Å². The molecule has 1 saturated heterocycles. The Morgan fingerprint density at radius 1 is 1.28 bits per heavy atom. The van der Waals surface area contributed by atoms with Crippen LogP contribution in [0.1, 0.15) is 24.6 Å². The third kappa shape index (κ3) is 2.31. The first-order chi connectivity index (χ1) is 8.53. The van der Waals surface area contributed by atoms with Crippen molar-refractivity contribution in [2.75, 3.05) is 11.5 Å². The standard InChI is InChI=1S/C12H13BrN2O2S/c13-9-1-2-10-11(7-9)15-12(14-10)8-3-5-18(16,17)6-4-8/h1-2,7-8H,3-6H2,(H,14,15). The lowest BCUT2D eigenvalue weighted by Gasteiger charge is -2.19. The molecule has 0 aliphatic carbocycles. The summed E-state index contributed by atoms with van der Waals surface area (Å²) in [5.74, 6) is 1.70. The van der Waals surface area contributed by atoms with Crippen LogP contribution >= 0.6 is 15.9 Å². The quantitative estimate of drug-likeness (QED) is 0.875. The summed E-state index contributed by atoms with van der Waals surface area (Å²) in [7, 11) is -2.81. The molecule has 1 N–H and O–H groups in total. The molecule has 0 radical (unpaired) electrons. The summed E-state index contributed by atoms with van der Waals surface area (Å²) in [4.78, 5) is 7.85. The largest absolute Gasteiger partial charge is 0.342 e. The maximum Gasteiger partial charge on any atom is 0.150 e. The number of H-pyrrole nitrogens is 1. The van der Waals surface area contributed by atoms with Crippen molar-refractivity contribution < 1.29 is 8.42 Å². The minimum atomic E-state index is -2.81. The first-order valence-electron chi connectivity index (χ1n) is 5.89. The summed E-state index contributed by atoms with van der Waals surface area (Å²) in [6.45, 7) is 0. The van der Waals surface area contributed by atoms with Gasteiger partial charge in [-0.3, -0.25) is 0 Å². The topological polar surface area (TPSA) is 62.8 Å². The monoisotopic (exact) mass is 328 g/mol. The summed E-state index contributed by atoms with van der Waals surface area (Å²) in [5.41, 5.74) is 1.93. The molecule has 1 aliphatic rings. The van der Waals surface area contributed by atoms with Gasteiger partial charge in [-0.15, -0.1) is 0 Å². The predicted octanol–water partition coefficient (Wildman–Crippen LogP) is 2.62. The van der Waals surface area contributed by atoms with Gasteiger partial charge in [-0.05, 0) is 31.0 Å². The van der Waals surface area contributed by atoms with Gasteiger partial charge in [-0.2, -0.15) is 0 Å². The highest BCUT2D eigenvalue weighted by molar-refractivity contribution is 9.10. The minimum Gasteiger partial charge on any atom is -0.342 e. The molecule has 0 bridgehead atoms. The predicted molar refractivity (Wildman–Crippen MR) is 74.4 cm³/mol.